The lowest BCUT2D eigenvalue weighted by Crippen LogP contribution is -2.49. The molecule has 1 aromatic rings. The smallest absolute Gasteiger partial charge is 0.319 e. The highest BCUT2D eigenvalue weighted by Gasteiger charge is 2.34. The summed E-state index contributed by atoms with van der Waals surface area (Å²) in [6.45, 7) is 4.82. The molecule has 172 valence electrons. The van der Waals surface area contributed by atoms with Crippen LogP contribution in [0.15, 0.2) is 18.2 Å². The second kappa shape index (κ2) is 10.8. The monoisotopic (exact) mass is 432 g/mol. The minimum Gasteiger partial charge on any atom is -0.486 e. The Hall–Kier alpha value is -2.32. The molecular weight excluding hydrogens is 396 g/mol. The van der Waals surface area contributed by atoms with Gasteiger partial charge in [-0.25, -0.2) is 4.79 Å². The minimum atomic E-state index is -0.317. The van der Waals surface area contributed by atoms with Crippen LogP contribution in [0, 0.1) is 5.92 Å². The van der Waals surface area contributed by atoms with Crippen LogP contribution in [0.2, 0.25) is 0 Å². The van der Waals surface area contributed by atoms with E-state index in [4.69, 9.17) is 4.74 Å². The molecule has 1 aromatic carbocycles. The Morgan fingerprint density at radius 1 is 1.29 bits per heavy atom. The van der Waals surface area contributed by atoms with Gasteiger partial charge in [-0.15, -0.1) is 0 Å². The molecule has 0 radical (unpaired) electrons. The van der Waals surface area contributed by atoms with E-state index in [0.29, 0.717) is 30.1 Å². The van der Waals surface area contributed by atoms with Crippen molar-refractivity contribution < 1.29 is 19.4 Å². The van der Waals surface area contributed by atoms with Crippen LogP contribution < -0.4 is 20.7 Å². The predicted octanol–water partition coefficient (Wildman–Crippen LogP) is 2.58. The van der Waals surface area contributed by atoms with E-state index in [2.05, 4.69) is 16.0 Å². The number of carbonyl (C=O) groups is 2. The Bertz CT molecular complexity index is 766. The number of nitrogens with zero attached hydrogens (tertiary/aromatic N) is 1. The zero-order valence-corrected chi connectivity index (χ0v) is 18.8. The molecule has 3 amide bonds. The Morgan fingerprint density at radius 2 is 2.03 bits per heavy atom. The van der Waals surface area contributed by atoms with Gasteiger partial charge < -0.3 is 30.7 Å². The Balaban J connectivity index is 1.89. The number of amides is 3. The summed E-state index contributed by atoms with van der Waals surface area (Å²) in [6, 6.07) is 4.80. The number of urea groups is 1. The zero-order chi connectivity index (χ0) is 22.4. The molecular formula is C23H36N4O4. The van der Waals surface area contributed by atoms with E-state index in [1.165, 1.54) is 6.42 Å². The van der Waals surface area contributed by atoms with Gasteiger partial charge in [-0.3, -0.25) is 4.79 Å². The van der Waals surface area contributed by atoms with E-state index >= 15 is 0 Å². The summed E-state index contributed by atoms with van der Waals surface area (Å²) in [5.41, 5.74) is 0.870. The van der Waals surface area contributed by atoms with E-state index < -0.39 is 0 Å². The highest BCUT2D eigenvalue weighted by atomic mass is 16.5. The van der Waals surface area contributed by atoms with Crippen LogP contribution in [0.3, 0.4) is 0 Å². The highest BCUT2D eigenvalue weighted by Crippen LogP contribution is 2.34. The minimum absolute atomic E-state index is 0.0303. The van der Waals surface area contributed by atoms with Crippen molar-refractivity contribution in [3.63, 3.8) is 0 Å². The average Bonchev–Trinajstić information content (AvgIpc) is 2.76. The maximum atomic E-state index is 13.3. The van der Waals surface area contributed by atoms with Crippen LogP contribution in [0.25, 0.3) is 0 Å². The number of rotatable bonds is 6. The summed E-state index contributed by atoms with van der Waals surface area (Å²) in [7, 11) is 1.86. The zero-order valence-electron chi connectivity index (χ0n) is 18.8. The lowest BCUT2D eigenvalue weighted by atomic mass is 9.96. The molecule has 0 unspecified atom stereocenters. The van der Waals surface area contributed by atoms with Crippen LogP contribution in [0.4, 0.5) is 10.5 Å². The van der Waals surface area contributed by atoms with Crippen molar-refractivity contribution >= 4 is 17.6 Å². The Morgan fingerprint density at radius 3 is 2.71 bits per heavy atom. The molecule has 3 rings (SSSR count). The number of para-hydroxylation sites is 1. The number of benzene rings is 1. The normalized spacial score (nSPS) is 23.2. The molecule has 3 atom stereocenters. The first-order chi connectivity index (χ1) is 14.9. The molecule has 1 saturated carbocycles. The maximum Gasteiger partial charge on any atom is 0.319 e. The van der Waals surface area contributed by atoms with Crippen LogP contribution in [0.5, 0.6) is 5.75 Å². The number of fused-ring (bicyclic) bond motifs is 1. The third kappa shape index (κ3) is 5.68. The molecule has 1 aliphatic carbocycles. The van der Waals surface area contributed by atoms with E-state index in [9.17, 15) is 14.7 Å². The van der Waals surface area contributed by atoms with E-state index in [0.717, 1.165) is 25.7 Å². The molecule has 1 aliphatic heterocycles. The standard InChI is InChI=1S/C23H36N4O4/c1-15-13-27(16(2)14-28)22(29)18-10-7-11-19(21(18)31-20(15)12-24-3)26-23(30)25-17-8-5-4-6-9-17/h7,10-11,15-17,20,24,28H,4-6,8-9,12-14H2,1-3H3,(H2,25,26,30)/t15-,16+,20-/m0/s1. The number of nitrogens with one attached hydrogen (secondary N) is 3. The van der Waals surface area contributed by atoms with Gasteiger partial charge in [0.1, 0.15) is 6.10 Å². The van der Waals surface area contributed by atoms with Crippen molar-refractivity contribution in [3.05, 3.63) is 23.8 Å². The van der Waals surface area contributed by atoms with Gasteiger partial charge in [0, 0.05) is 25.0 Å². The molecule has 0 spiro atoms. The van der Waals surface area contributed by atoms with Gasteiger partial charge >= 0.3 is 6.03 Å². The third-order valence-corrected chi connectivity index (χ3v) is 6.29. The summed E-state index contributed by atoms with van der Waals surface area (Å²) in [6.07, 6.45) is 5.26. The number of hydrogen-bond acceptors (Lipinski definition) is 5. The molecule has 31 heavy (non-hydrogen) atoms. The number of hydrogen-bond donors (Lipinski definition) is 4. The van der Waals surface area contributed by atoms with Crippen LogP contribution in [-0.2, 0) is 0 Å². The van der Waals surface area contributed by atoms with Gasteiger partial charge in [0.15, 0.2) is 5.75 Å². The lowest BCUT2D eigenvalue weighted by Gasteiger charge is -2.37. The Kier molecular flexibility index (Phi) is 8.15. The van der Waals surface area contributed by atoms with Gasteiger partial charge in [0.25, 0.3) is 5.91 Å². The molecule has 4 N–H and O–H groups in total. The second-order valence-corrected chi connectivity index (χ2v) is 8.80. The fraction of sp³-hybridized carbons (Fsp3) is 0.652. The maximum absolute atomic E-state index is 13.3. The number of aliphatic hydroxyl groups excluding tert-OH is 1. The quantitative estimate of drug-likeness (QED) is 0.553. The molecule has 0 bridgehead atoms. The van der Waals surface area contributed by atoms with Gasteiger partial charge in [-0.05, 0) is 38.9 Å². The van der Waals surface area contributed by atoms with Crippen molar-refractivity contribution in [2.45, 2.75) is 64.1 Å². The molecule has 1 fully saturated rings. The van der Waals surface area contributed by atoms with Gasteiger partial charge in [0.05, 0.1) is 23.9 Å². The lowest BCUT2D eigenvalue weighted by molar-refractivity contribution is 0.0417. The summed E-state index contributed by atoms with van der Waals surface area (Å²) in [4.78, 5) is 27.7. The van der Waals surface area contributed by atoms with Gasteiger partial charge in [0.2, 0.25) is 0 Å². The molecule has 0 saturated heterocycles. The largest absolute Gasteiger partial charge is 0.486 e. The Labute approximate surface area is 184 Å². The van der Waals surface area contributed by atoms with Gasteiger partial charge in [-0.2, -0.15) is 0 Å². The SMILES string of the molecule is CNC[C@@H]1Oc2c(NC(=O)NC3CCCCC3)cccc2C(=O)N([C@H](C)CO)C[C@@H]1C. The van der Waals surface area contributed by atoms with Crippen molar-refractivity contribution in [2.24, 2.45) is 5.92 Å². The summed E-state index contributed by atoms with van der Waals surface area (Å²) < 4.78 is 6.33. The first kappa shape index (κ1) is 23.3. The van der Waals surface area contributed by atoms with Crippen molar-refractivity contribution in [1.82, 2.24) is 15.5 Å². The summed E-state index contributed by atoms with van der Waals surface area (Å²) in [5.74, 6) is 0.207. The van der Waals surface area contributed by atoms with Crippen molar-refractivity contribution in [1.29, 1.82) is 0 Å². The van der Waals surface area contributed by atoms with E-state index in [-0.39, 0.29) is 42.7 Å². The summed E-state index contributed by atoms with van der Waals surface area (Å²) >= 11 is 0. The topological polar surface area (TPSA) is 103 Å². The van der Waals surface area contributed by atoms with Crippen molar-refractivity contribution in [3.8, 4) is 5.75 Å². The highest BCUT2D eigenvalue weighted by molar-refractivity contribution is 6.01. The van der Waals surface area contributed by atoms with E-state index in [1.54, 1.807) is 23.1 Å². The second-order valence-electron chi connectivity index (χ2n) is 8.80. The fourth-order valence-corrected chi connectivity index (χ4v) is 4.38. The van der Waals surface area contributed by atoms with Crippen LogP contribution >= 0.6 is 0 Å². The first-order valence-corrected chi connectivity index (χ1v) is 11.4. The molecule has 2 aliphatic rings. The third-order valence-electron chi connectivity index (χ3n) is 6.29. The first-order valence-electron chi connectivity index (χ1n) is 11.4. The van der Waals surface area contributed by atoms with Gasteiger partial charge in [-0.1, -0.05) is 32.3 Å². The number of likely N-dealkylation sites (N-methyl/N-ethyl adjacent to an activating group) is 1. The van der Waals surface area contributed by atoms with Crippen molar-refractivity contribution in [2.75, 3.05) is 32.1 Å². The number of anilines is 1. The summed E-state index contributed by atoms with van der Waals surface area (Å²) in [5, 5.41) is 18.8. The molecule has 0 aromatic heterocycles. The number of carbonyl (C=O) groups excluding carboxylic acids is 2. The van der Waals surface area contributed by atoms with Crippen LogP contribution in [0.1, 0.15) is 56.3 Å². The molecule has 8 nitrogen and oxygen atoms in total. The number of ether oxygens (including phenoxy) is 1. The molecule has 1 heterocycles. The average molecular weight is 433 g/mol. The fourth-order valence-electron chi connectivity index (χ4n) is 4.38. The predicted molar refractivity (Wildman–Crippen MR) is 121 cm³/mol. The van der Waals surface area contributed by atoms with Crippen LogP contribution in [-0.4, -0.2) is 66.9 Å². The molecule has 8 heteroatoms. The van der Waals surface area contributed by atoms with E-state index in [1.807, 2.05) is 20.9 Å². The number of aliphatic hydroxyl groups is 1.